The zero-order valence-corrected chi connectivity index (χ0v) is 15.6. The number of hydrogen-bond acceptors (Lipinski definition) is 4. The first-order valence-electron chi connectivity index (χ1n) is 7.96. The van der Waals surface area contributed by atoms with Gasteiger partial charge in [-0.05, 0) is 26.2 Å². The van der Waals surface area contributed by atoms with Crippen LogP contribution < -0.4 is 5.32 Å². The quantitative estimate of drug-likeness (QED) is 0.818. The maximum absolute atomic E-state index is 13.1. The number of sulfonamides is 1. The molecule has 146 valence electrons. The molecule has 2 rings (SSSR count). The third-order valence-corrected chi connectivity index (χ3v) is 5.51. The van der Waals surface area contributed by atoms with E-state index in [4.69, 9.17) is 0 Å². The molecule has 0 aliphatic carbocycles. The highest BCUT2D eigenvalue weighted by molar-refractivity contribution is 7.88. The summed E-state index contributed by atoms with van der Waals surface area (Å²) < 4.78 is 64.2. The highest BCUT2D eigenvalue weighted by atomic mass is 32.2. The summed E-state index contributed by atoms with van der Waals surface area (Å²) in [5.41, 5.74) is -1.49. The minimum Gasteiger partial charge on any atom is -0.348 e. The lowest BCUT2D eigenvalue weighted by molar-refractivity contribution is -0.137. The van der Waals surface area contributed by atoms with Gasteiger partial charge in [-0.2, -0.15) is 17.5 Å². The van der Waals surface area contributed by atoms with E-state index in [0.717, 1.165) is 18.4 Å². The SMILES string of the molecule is CN(C)C[C@@H]1CN(S(C)(=O)=O)C[C@H]1NC(=O)c1ccccc1C(F)(F)F. The second kappa shape index (κ2) is 7.53. The van der Waals surface area contributed by atoms with Crippen molar-refractivity contribution in [3.05, 3.63) is 35.4 Å². The Morgan fingerprint density at radius 3 is 2.42 bits per heavy atom. The Morgan fingerprint density at radius 2 is 1.88 bits per heavy atom. The van der Waals surface area contributed by atoms with Crippen molar-refractivity contribution in [1.82, 2.24) is 14.5 Å². The molecule has 0 spiro atoms. The normalized spacial score (nSPS) is 22.0. The van der Waals surface area contributed by atoms with E-state index < -0.39 is 39.3 Å². The number of alkyl halides is 3. The molecular formula is C16H22F3N3O3S. The number of carbonyl (C=O) groups is 1. The van der Waals surface area contributed by atoms with Gasteiger partial charge in [0.25, 0.3) is 5.91 Å². The molecule has 0 saturated carbocycles. The van der Waals surface area contributed by atoms with E-state index in [1.807, 2.05) is 4.90 Å². The maximum Gasteiger partial charge on any atom is 0.417 e. The van der Waals surface area contributed by atoms with Gasteiger partial charge in [-0.3, -0.25) is 4.79 Å². The maximum atomic E-state index is 13.1. The van der Waals surface area contributed by atoms with Gasteiger partial charge in [0.2, 0.25) is 10.0 Å². The summed E-state index contributed by atoms with van der Waals surface area (Å²) >= 11 is 0. The Kier molecular flexibility index (Phi) is 5.99. The van der Waals surface area contributed by atoms with Crippen LogP contribution in [0.1, 0.15) is 15.9 Å². The first-order chi connectivity index (χ1) is 11.9. The smallest absolute Gasteiger partial charge is 0.348 e. The van der Waals surface area contributed by atoms with Crippen molar-refractivity contribution in [3.63, 3.8) is 0 Å². The number of amides is 1. The second-order valence-electron chi connectivity index (χ2n) is 6.73. The molecule has 0 bridgehead atoms. The van der Waals surface area contributed by atoms with Crippen LogP contribution in [-0.4, -0.2) is 69.6 Å². The first-order valence-corrected chi connectivity index (χ1v) is 9.81. The number of halogens is 3. The molecule has 1 aliphatic rings. The molecule has 10 heteroatoms. The number of hydrogen-bond donors (Lipinski definition) is 1. The van der Waals surface area contributed by atoms with E-state index in [0.29, 0.717) is 6.54 Å². The van der Waals surface area contributed by atoms with Crippen LogP contribution in [0.25, 0.3) is 0 Å². The van der Waals surface area contributed by atoms with Gasteiger partial charge < -0.3 is 10.2 Å². The highest BCUT2D eigenvalue weighted by Gasteiger charge is 2.40. The van der Waals surface area contributed by atoms with Gasteiger partial charge in [-0.25, -0.2) is 8.42 Å². The predicted octanol–water partition coefficient (Wildman–Crippen LogP) is 1.26. The molecule has 2 atom stereocenters. The van der Waals surface area contributed by atoms with Gasteiger partial charge in [0.1, 0.15) is 0 Å². The van der Waals surface area contributed by atoms with E-state index in [1.165, 1.54) is 16.4 Å². The van der Waals surface area contributed by atoms with E-state index in [1.54, 1.807) is 14.1 Å². The lowest BCUT2D eigenvalue weighted by Crippen LogP contribution is -2.44. The predicted molar refractivity (Wildman–Crippen MR) is 91.2 cm³/mol. The van der Waals surface area contributed by atoms with Gasteiger partial charge in [0, 0.05) is 31.6 Å². The van der Waals surface area contributed by atoms with Crippen molar-refractivity contribution < 1.29 is 26.4 Å². The van der Waals surface area contributed by atoms with E-state index in [-0.39, 0.29) is 19.0 Å². The standard InChI is InChI=1S/C16H22F3N3O3S/c1-21(2)8-11-9-22(26(3,24)25)10-14(11)20-15(23)12-6-4-5-7-13(12)16(17,18)19/h4-7,11,14H,8-10H2,1-3H3,(H,20,23)/t11-,14-/m1/s1. The second-order valence-corrected chi connectivity index (χ2v) is 8.71. The van der Waals surface area contributed by atoms with Crippen LogP contribution >= 0.6 is 0 Å². The third kappa shape index (κ3) is 4.95. The fraction of sp³-hybridized carbons (Fsp3) is 0.562. The van der Waals surface area contributed by atoms with E-state index >= 15 is 0 Å². The molecule has 1 aromatic carbocycles. The Hall–Kier alpha value is -1.65. The largest absolute Gasteiger partial charge is 0.417 e. The molecule has 1 aromatic rings. The van der Waals surface area contributed by atoms with Crippen molar-refractivity contribution in [2.24, 2.45) is 5.92 Å². The Labute approximate surface area is 151 Å². The fourth-order valence-corrected chi connectivity index (χ4v) is 3.99. The number of carbonyl (C=O) groups excluding carboxylic acids is 1. The summed E-state index contributed by atoms with van der Waals surface area (Å²) in [6.45, 7) is 0.748. The lowest BCUT2D eigenvalue weighted by Gasteiger charge is -2.23. The molecule has 1 aliphatic heterocycles. The minimum atomic E-state index is -4.65. The Morgan fingerprint density at radius 1 is 1.27 bits per heavy atom. The van der Waals surface area contributed by atoms with Crippen LogP contribution in [-0.2, 0) is 16.2 Å². The van der Waals surface area contributed by atoms with Crippen LogP contribution in [0.15, 0.2) is 24.3 Å². The van der Waals surface area contributed by atoms with E-state index in [2.05, 4.69) is 5.32 Å². The zero-order chi connectivity index (χ0) is 19.7. The topological polar surface area (TPSA) is 69.7 Å². The average molecular weight is 393 g/mol. The Balaban J connectivity index is 2.24. The van der Waals surface area contributed by atoms with Crippen LogP contribution in [0.2, 0.25) is 0 Å². The Bertz CT molecular complexity index is 765. The summed E-state index contributed by atoms with van der Waals surface area (Å²) in [5, 5.41) is 2.59. The molecule has 1 fully saturated rings. The molecule has 1 heterocycles. The van der Waals surface area contributed by atoms with Gasteiger partial charge in [0.15, 0.2) is 0 Å². The van der Waals surface area contributed by atoms with Crippen LogP contribution in [0.4, 0.5) is 13.2 Å². The molecule has 26 heavy (non-hydrogen) atoms. The summed E-state index contributed by atoms with van der Waals surface area (Å²) in [6, 6.07) is 3.97. The highest BCUT2D eigenvalue weighted by Crippen LogP contribution is 2.32. The molecule has 6 nitrogen and oxygen atoms in total. The number of nitrogens with one attached hydrogen (secondary N) is 1. The van der Waals surface area contributed by atoms with Crippen molar-refractivity contribution in [2.75, 3.05) is 40.0 Å². The monoisotopic (exact) mass is 393 g/mol. The molecule has 0 aromatic heterocycles. The average Bonchev–Trinajstić information content (AvgIpc) is 2.88. The number of benzene rings is 1. The molecule has 1 saturated heterocycles. The first kappa shape index (κ1) is 20.7. The van der Waals surface area contributed by atoms with Gasteiger partial charge >= 0.3 is 6.18 Å². The van der Waals surface area contributed by atoms with Crippen LogP contribution in [0.5, 0.6) is 0 Å². The van der Waals surface area contributed by atoms with Gasteiger partial charge in [0.05, 0.1) is 17.4 Å². The van der Waals surface area contributed by atoms with Crippen molar-refractivity contribution in [2.45, 2.75) is 12.2 Å². The van der Waals surface area contributed by atoms with Gasteiger partial charge in [-0.15, -0.1) is 0 Å². The fourth-order valence-electron chi connectivity index (χ4n) is 3.09. The van der Waals surface area contributed by atoms with Crippen LogP contribution in [0, 0.1) is 5.92 Å². The number of rotatable bonds is 5. The summed E-state index contributed by atoms with van der Waals surface area (Å²) in [7, 11) is 0.160. The molecule has 0 radical (unpaired) electrons. The molecular weight excluding hydrogens is 371 g/mol. The van der Waals surface area contributed by atoms with Crippen molar-refractivity contribution >= 4 is 15.9 Å². The van der Waals surface area contributed by atoms with Gasteiger partial charge in [-0.1, -0.05) is 12.1 Å². The number of nitrogens with zero attached hydrogens (tertiary/aromatic N) is 2. The summed E-state index contributed by atoms with van der Waals surface area (Å²) in [4.78, 5) is 14.3. The van der Waals surface area contributed by atoms with E-state index in [9.17, 15) is 26.4 Å². The summed E-state index contributed by atoms with van der Waals surface area (Å²) in [5.74, 6) is -1.08. The minimum absolute atomic E-state index is 0.0390. The molecule has 1 amide bonds. The van der Waals surface area contributed by atoms with Crippen LogP contribution in [0.3, 0.4) is 0 Å². The third-order valence-electron chi connectivity index (χ3n) is 4.27. The lowest BCUT2D eigenvalue weighted by atomic mass is 10.0. The molecule has 0 unspecified atom stereocenters. The van der Waals surface area contributed by atoms with Crippen molar-refractivity contribution in [1.29, 1.82) is 0 Å². The summed E-state index contributed by atoms with van der Waals surface area (Å²) in [6.07, 6.45) is -3.58. The molecule has 1 N–H and O–H groups in total. The van der Waals surface area contributed by atoms with Crippen molar-refractivity contribution in [3.8, 4) is 0 Å². The zero-order valence-electron chi connectivity index (χ0n) is 14.7.